The number of anilines is 1. The fourth-order valence-corrected chi connectivity index (χ4v) is 1.91. The third kappa shape index (κ3) is 1.72. The molecule has 0 aromatic carbocycles. The molecule has 5 nitrogen and oxygen atoms in total. The molecule has 1 fully saturated rings. The highest BCUT2D eigenvalue weighted by atomic mass is 15.3. The molecule has 1 aliphatic rings. The van der Waals surface area contributed by atoms with Crippen LogP contribution in [0.5, 0.6) is 0 Å². The van der Waals surface area contributed by atoms with Crippen LogP contribution in [0.1, 0.15) is 18.7 Å². The Bertz CT molecular complexity index is 300. The maximum absolute atomic E-state index is 4.16. The van der Waals surface area contributed by atoms with Crippen LogP contribution in [-0.4, -0.2) is 34.4 Å². The topological polar surface area (TPSA) is 54.8 Å². The molecule has 1 aromatic rings. The van der Waals surface area contributed by atoms with Crippen molar-refractivity contribution in [3.8, 4) is 0 Å². The Hall–Kier alpha value is -1.10. The van der Waals surface area contributed by atoms with Gasteiger partial charge in [-0.1, -0.05) is 0 Å². The molecule has 0 bridgehead atoms. The Morgan fingerprint density at radius 2 is 2.43 bits per heavy atom. The Labute approximate surface area is 83.9 Å². The van der Waals surface area contributed by atoms with E-state index in [1.807, 2.05) is 18.7 Å². The predicted molar refractivity (Wildman–Crippen MR) is 55.3 cm³/mol. The van der Waals surface area contributed by atoms with Crippen LogP contribution in [0.2, 0.25) is 0 Å². The van der Waals surface area contributed by atoms with Gasteiger partial charge >= 0.3 is 0 Å². The normalized spacial score (nSPS) is 21.4. The van der Waals surface area contributed by atoms with Crippen molar-refractivity contribution in [2.24, 2.45) is 7.05 Å². The predicted octanol–water partition coefficient (Wildman–Crippen LogP) is 0.151. The molecule has 2 rings (SSSR count). The third-order valence-corrected chi connectivity index (χ3v) is 2.78. The Morgan fingerprint density at radius 1 is 1.57 bits per heavy atom. The molecule has 5 heteroatoms. The summed E-state index contributed by atoms with van der Waals surface area (Å²) in [5, 5.41) is 14.7. The van der Waals surface area contributed by atoms with E-state index in [9.17, 15) is 0 Å². The minimum absolute atomic E-state index is 0.586. The van der Waals surface area contributed by atoms with Crippen LogP contribution in [-0.2, 0) is 13.5 Å². The van der Waals surface area contributed by atoms with E-state index in [1.54, 1.807) is 0 Å². The quantitative estimate of drug-likeness (QED) is 0.721. The van der Waals surface area contributed by atoms with E-state index in [2.05, 4.69) is 20.8 Å². The van der Waals surface area contributed by atoms with Gasteiger partial charge in [-0.3, -0.25) is 0 Å². The second-order valence-electron chi connectivity index (χ2n) is 3.75. The van der Waals surface area contributed by atoms with Crippen LogP contribution in [0.3, 0.4) is 0 Å². The van der Waals surface area contributed by atoms with Gasteiger partial charge in [0.2, 0.25) is 5.95 Å². The molecular formula is C9H17N5. The van der Waals surface area contributed by atoms with E-state index in [0.29, 0.717) is 6.04 Å². The summed E-state index contributed by atoms with van der Waals surface area (Å²) in [6, 6.07) is 0.586. The van der Waals surface area contributed by atoms with E-state index in [1.165, 1.54) is 12.8 Å². The molecule has 1 aliphatic heterocycles. The number of aromatic nitrogens is 3. The van der Waals surface area contributed by atoms with Crippen LogP contribution in [0.4, 0.5) is 5.95 Å². The number of hydrogen-bond acceptors (Lipinski definition) is 4. The molecule has 0 amide bonds. The molecule has 1 atom stereocenters. The molecule has 1 unspecified atom stereocenters. The van der Waals surface area contributed by atoms with Gasteiger partial charge in [0.25, 0.3) is 0 Å². The van der Waals surface area contributed by atoms with Gasteiger partial charge in [0.15, 0.2) is 0 Å². The van der Waals surface area contributed by atoms with Crippen LogP contribution in [0.15, 0.2) is 0 Å². The first-order valence-corrected chi connectivity index (χ1v) is 5.10. The second-order valence-corrected chi connectivity index (χ2v) is 3.75. The molecule has 0 spiro atoms. The summed E-state index contributed by atoms with van der Waals surface area (Å²) in [7, 11) is 3.86. The average molecular weight is 195 g/mol. The first-order valence-electron chi connectivity index (χ1n) is 5.10. The molecule has 0 radical (unpaired) electrons. The van der Waals surface area contributed by atoms with Gasteiger partial charge in [-0.2, -0.15) is 0 Å². The largest absolute Gasteiger partial charge is 0.357 e. The van der Waals surface area contributed by atoms with Gasteiger partial charge in [-0.25, -0.2) is 0 Å². The lowest BCUT2D eigenvalue weighted by Crippen LogP contribution is -2.25. The summed E-state index contributed by atoms with van der Waals surface area (Å²) >= 11 is 0. The van der Waals surface area contributed by atoms with E-state index in [4.69, 9.17) is 0 Å². The van der Waals surface area contributed by atoms with Crippen LogP contribution in [0.25, 0.3) is 0 Å². The maximum Gasteiger partial charge on any atom is 0.224 e. The van der Waals surface area contributed by atoms with E-state index >= 15 is 0 Å². The number of nitrogens with zero attached hydrogens (tertiary/aromatic N) is 3. The Morgan fingerprint density at radius 3 is 3.00 bits per heavy atom. The zero-order valence-electron chi connectivity index (χ0n) is 8.75. The summed E-state index contributed by atoms with van der Waals surface area (Å²) in [5.74, 6) is 1.88. The molecule has 0 saturated carbocycles. The second kappa shape index (κ2) is 3.96. The van der Waals surface area contributed by atoms with Gasteiger partial charge < -0.3 is 15.2 Å². The first-order chi connectivity index (χ1) is 6.81. The first kappa shape index (κ1) is 9.45. The SMILES string of the molecule is CNc1nnc(CC2CCCN2)n1C. The summed E-state index contributed by atoms with van der Waals surface area (Å²) in [4.78, 5) is 0. The van der Waals surface area contributed by atoms with Crippen molar-refractivity contribution in [1.82, 2.24) is 20.1 Å². The van der Waals surface area contributed by atoms with E-state index in [-0.39, 0.29) is 0 Å². The van der Waals surface area contributed by atoms with E-state index < -0.39 is 0 Å². The zero-order chi connectivity index (χ0) is 9.97. The molecule has 0 aliphatic carbocycles. The average Bonchev–Trinajstić information content (AvgIpc) is 2.79. The smallest absolute Gasteiger partial charge is 0.224 e. The minimum atomic E-state index is 0.586. The van der Waals surface area contributed by atoms with Gasteiger partial charge in [0.05, 0.1) is 0 Å². The molecule has 2 heterocycles. The Balaban J connectivity index is 2.04. The highest BCUT2D eigenvalue weighted by Gasteiger charge is 2.17. The van der Waals surface area contributed by atoms with Crippen molar-refractivity contribution >= 4 is 5.95 Å². The molecule has 1 aromatic heterocycles. The standard InChI is InChI=1S/C9H17N5/c1-10-9-13-12-8(14(9)2)6-7-4-3-5-11-7/h7,11H,3-6H2,1-2H3,(H,10,13). The monoisotopic (exact) mass is 195 g/mol. The summed E-state index contributed by atoms with van der Waals surface area (Å²) in [5.41, 5.74) is 0. The zero-order valence-corrected chi connectivity index (χ0v) is 8.75. The molecule has 2 N–H and O–H groups in total. The van der Waals surface area contributed by atoms with Gasteiger partial charge in [0.1, 0.15) is 5.82 Å². The van der Waals surface area contributed by atoms with E-state index in [0.717, 1.165) is 24.7 Å². The van der Waals surface area contributed by atoms with Gasteiger partial charge in [0, 0.05) is 26.6 Å². The summed E-state index contributed by atoms with van der Waals surface area (Å²) in [6.45, 7) is 1.14. The molecular weight excluding hydrogens is 178 g/mol. The number of nitrogens with one attached hydrogen (secondary N) is 2. The molecule has 14 heavy (non-hydrogen) atoms. The van der Waals surface area contributed by atoms with Crippen molar-refractivity contribution in [2.75, 3.05) is 18.9 Å². The van der Waals surface area contributed by atoms with Gasteiger partial charge in [-0.15, -0.1) is 10.2 Å². The fourth-order valence-electron chi connectivity index (χ4n) is 1.91. The highest BCUT2D eigenvalue weighted by Crippen LogP contribution is 2.12. The van der Waals surface area contributed by atoms with Crippen LogP contribution < -0.4 is 10.6 Å². The van der Waals surface area contributed by atoms with Gasteiger partial charge in [-0.05, 0) is 19.4 Å². The van der Waals surface area contributed by atoms with Crippen LogP contribution in [0, 0.1) is 0 Å². The summed E-state index contributed by atoms with van der Waals surface area (Å²) < 4.78 is 2.01. The maximum atomic E-state index is 4.16. The van der Waals surface area contributed by atoms with Crippen molar-refractivity contribution in [3.05, 3.63) is 5.82 Å². The van der Waals surface area contributed by atoms with Crippen molar-refractivity contribution in [2.45, 2.75) is 25.3 Å². The fraction of sp³-hybridized carbons (Fsp3) is 0.778. The van der Waals surface area contributed by atoms with Crippen molar-refractivity contribution < 1.29 is 0 Å². The molecule has 78 valence electrons. The molecule has 1 saturated heterocycles. The lowest BCUT2D eigenvalue weighted by atomic mass is 10.1. The van der Waals surface area contributed by atoms with Crippen molar-refractivity contribution in [3.63, 3.8) is 0 Å². The lowest BCUT2D eigenvalue weighted by molar-refractivity contribution is 0.572. The highest BCUT2D eigenvalue weighted by molar-refractivity contribution is 5.23. The third-order valence-electron chi connectivity index (χ3n) is 2.78. The van der Waals surface area contributed by atoms with Crippen LogP contribution >= 0.6 is 0 Å². The minimum Gasteiger partial charge on any atom is -0.357 e. The number of hydrogen-bond donors (Lipinski definition) is 2. The summed E-state index contributed by atoms with van der Waals surface area (Å²) in [6.07, 6.45) is 3.51. The number of rotatable bonds is 3. The van der Waals surface area contributed by atoms with Crippen molar-refractivity contribution in [1.29, 1.82) is 0 Å². The Kier molecular flexibility index (Phi) is 2.67. The lowest BCUT2D eigenvalue weighted by Gasteiger charge is -2.09.